The van der Waals surface area contributed by atoms with Crippen LogP contribution in [0.15, 0.2) is 12.4 Å². The van der Waals surface area contributed by atoms with Crippen LogP contribution in [0.4, 0.5) is 0 Å². The van der Waals surface area contributed by atoms with Crippen molar-refractivity contribution in [3.63, 3.8) is 0 Å². The predicted molar refractivity (Wildman–Crippen MR) is 53.5 cm³/mol. The molecule has 0 saturated carbocycles. The van der Waals surface area contributed by atoms with E-state index in [1.807, 2.05) is 0 Å². The van der Waals surface area contributed by atoms with Gasteiger partial charge in [-0.3, -0.25) is 9.89 Å². The van der Waals surface area contributed by atoms with Gasteiger partial charge in [0, 0.05) is 25.3 Å². The first kappa shape index (κ1) is 10.1. The molecule has 6 heteroatoms. The maximum atomic E-state index is 11.5. The number of aromatic nitrogens is 2. The molecule has 1 saturated heterocycles. The molecule has 1 unspecified atom stereocenters. The molecule has 2 rings (SSSR count). The van der Waals surface area contributed by atoms with Gasteiger partial charge >= 0.3 is 0 Å². The lowest BCUT2D eigenvalue weighted by Crippen LogP contribution is -2.48. The second kappa shape index (κ2) is 4.90. The molecule has 1 amide bonds. The highest BCUT2D eigenvalue weighted by Gasteiger charge is 2.14. The minimum atomic E-state index is -0.115. The van der Waals surface area contributed by atoms with Crippen molar-refractivity contribution in [3.05, 3.63) is 18.0 Å². The van der Waals surface area contributed by atoms with Gasteiger partial charge in [0.1, 0.15) is 0 Å². The van der Waals surface area contributed by atoms with Gasteiger partial charge in [0.05, 0.1) is 25.0 Å². The predicted octanol–water partition coefficient (Wildman–Crippen LogP) is -0.872. The van der Waals surface area contributed by atoms with Gasteiger partial charge in [-0.05, 0) is 0 Å². The lowest BCUT2D eigenvalue weighted by atomic mass is 10.2. The molecular formula is C9H14N4O2. The van der Waals surface area contributed by atoms with E-state index in [-0.39, 0.29) is 11.9 Å². The number of carbonyl (C=O) groups excluding carboxylic acids is 1. The van der Waals surface area contributed by atoms with E-state index in [1.54, 1.807) is 6.20 Å². The molecule has 0 radical (unpaired) electrons. The maximum absolute atomic E-state index is 11.5. The third kappa shape index (κ3) is 2.77. The summed E-state index contributed by atoms with van der Waals surface area (Å²) in [7, 11) is 0. The number of amides is 1. The zero-order valence-electron chi connectivity index (χ0n) is 8.32. The van der Waals surface area contributed by atoms with Crippen LogP contribution in [0.2, 0.25) is 0 Å². The quantitative estimate of drug-likeness (QED) is 0.606. The largest absolute Gasteiger partial charge is 0.378 e. The molecule has 3 N–H and O–H groups in total. The van der Waals surface area contributed by atoms with Gasteiger partial charge in [-0.2, -0.15) is 5.10 Å². The Morgan fingerprint density at radius 3 is 3.33 bits per heavy atom. The number of hydrogen-bond donors (Lipinski definition) is 3. The van der Waals surface area contributed by atoms with Gasteiger partial charge in [0.2, 0.25) is 0 Å². The summed E-state index contributed by atoms with van der Waals surface area (Å²) in [5.41, 5.74) is 0.548. The summed E-state index contributed by atoms with van der Waals surface area (Å²) in [4.78, 5) is 11.5. The summed E-state index contributed by atoms with van der Waals surface area (Å²) in [5, 5.41) is 12.4. The van der Waals surface area contributed by atoms with E-state index in [2.05, 4.69) is 20.8 Å². The Kier molecular flexibility index (Phi) is 3.31. The second-order valence-corrected chi connectivity index (χ2v) is 3.42. The topological polar surface area (TPSA) is 79.0 Å². The number of H-pyrrole nitrogens is 1. The highest BCUT2D eigenvalue weighted by molar-refractivity contribution is 5.93. The third-order valence-corrected chi connectivity index (χ3v) is 2.27. The van der Waals surface area contributed by atoms with Crippen molar-refractivity contribution in [1.82, 2.24) is 20.8 Å². The molecule has 1 aromatic heterocycles. The van der Waals surface area contributed by atoms with E-state index < -0.39 is 0 Å². The summed E-state index contributed by atoms with van der Waals surface area (Å²) in [5.74, 6) is -0.115. The van der Waals surface area contributed by atoms with Crippen LogP contribution in [-0.4, -0.2) is 48.4 Å². The van der Waals surface area contributed by atoms with Crippen molar-refractivity contribution >= 4 is 5.91 Å². The Morgan fingerprint density at radius 1 is 1.73 bits per heavy atom. The monoisotopic (exact) mass is 210 g/mol. The highest BCUT2D eigenvalue weighted by Crippen LogP contribution is 1.95. The number of ether oxygens (including phenoxy) is 1. The molecule has 0 aromatic carbocycles. The van der Waals surface area contributed by atoms with Crippen molar-refractivity contribution in [2.45, 2.75) is 6.04 Å². The Bertz CT molecular complexity index is 306. The molecular weight excluding hydrogens is 196 g/mol. The van der Waals surface area contributed by atoms with Gasteiger partial charge < -0.3 is 15.4 Å². The van der Waals surface area contributed by atoms with Crippen LogP contribution in [-0.2, 0) is 4.74 Å². The van der Waals surface area contributed by atoms with E-state index >= 15 is 0 Å². The smallest absolute Gasteiger partial charge is 0.254 e. The molecule has 1 aromatic rings. The van der Waals surface area contributed by atoms with Gasteiger partial charge in [-0.25, -0.2) is 0 Å². The molecule has 6 nitrogen and oxygen atoms in total. The second-order valence-electron chi connectivity index (χ2n) is 3.42. The highest BCUT2D eigenvalue weighted by atomic mass is 16.5. The number of nitrogens with one attached hydrogen (secondary N) is 3. The maximum Gasteiger partial charge on any atom is 0.254 e. The summed E-state index contributed by atoms with van der Waals surface area (Å²) in [6.07, 6.45) is 3.07. The summed E-state index contributed by atoms with van der Waals surface area (Å²) >= 11 is 0. The lowest BCUT2D eigenvalue weighted by molar-refractivity contribution is 0.0735. The fourth-order valence-electron chi connectivity index (χ4n) is 1.44. The van der Waals surface area contributed by atoms with Crippen LogP contribution in [0.1, 0.15) is 10.4 Å². The van der Waals surface area contributed by atoms with Crippen LogP contribution in [0, 0.1) is 0 Å². The fourth-order valence-corrected chi connectivity index (χ4v) is 1.44. The molecule has 1 aliphatic heterocycles. The number of rotatable bonds is 3. The average molecular weight is 210 g/mol. The number of hydrogen-bond acceptors (Lipinski definition) is 4. The standard InChI is InChI=1S/C9H14N4O2/c14-9(7-3-12-13-4-7)11-5-8-6-15-2-1-10-8/h3-4,8,10H,1-2,5-6H2,(H,11,14)(H,12,13). The Labute approximate surface area is 87.4 Å². The summed E-state index contributed by atoms with van der Waals surface area (Å²) < 4.78 is 5.27. The van der Waals surface area contributed by atoms with E-state index in [9.17, 15) is 4.79 Å². The van der Waals surface area contributed by atoms with E-state index in [0.717, 1.165) is 13.2 Å². The minimum absolute atomic E-state index is 0.115. The van der Waals surface area contributed by atoms with Gasteiger partial charge in [-0.15, -0.1) is 0 Å². The molecule has 2 heterocycles. The van der Waals surface area contributed by atoms with Gasteiger partial charge in [-0.1, -0.05) is 0 Å². The van der Waals surface area contributed by atoms with Crippen LogP contribution >= 0.6 is 0 Å². The van der Waals surface area contributed by atoms with Crippen LogP contribution in [0.25, 0.3) is 0 Å². The normalized spacial score (nSPS) is 21.2. The van der Waals surface area contributed by atoms with Gasteiger partial charge in [0.25, 0.3) is 5.91 Å². The fraction of sp³-hybridized carbons (Fsp3) is 0.556. The van der Waals surface area contributed by atoms with Crippen molar-refractivity contribution < 1.29 is 9.53 Å². The SMILES string of the molecule is O=C(NCC1COCCN1)c1cn[nH]c1. The first-order chi connectivity index (χ1) is 7.36. The van der Waals surface area contributed by atoms with Crippen molar-refractivity contribution in [2.75, 3.05) is 26.3 Å². The summed E-state index contributed by atoms with van der Waals surface area (Å²) in [6, 6.07) is 0.203. The molecule has 1 atom stereocenters. The van der Waals surface area contributed by atoms with Crippen molar-refractivity contribution in [1.29, 1.82) is 0 Å². The van der Waals surface area contributed by atoms with E-state index in [4.69, 9.17) is 4.74 Å². The molecule has 0 bridgehead atoms. The average Bonchev–Trinajstić information content (AvgIpc) is 2.81. The Balaban J connectivity index is 1.75. The minimum Gasteiger partial charge on any atom is -0.378 e. The van der Waals surface area contributed by atoms with Crippen molar-refractivity contribution in [3.8, 4) is 0 Å². The number of aromatic amines is 1. The molecule has 1 fully saturated rings. The van der Waals surface area contributed by atoms with E-state index in [1.165, 1.54) is 6.20 Å². The van der Waals surface area contributed by atoms with Crippen molar-refractivity contribution in [2.24, 2.45) is 0 Å². The lowest BCUT2D eigenvalue weighted by Gasteiger charge is -2.23. The number of morpholine rings is 1. The molecule has 0 aliphatic carbocycles. The number of carbonyl (C=O) groups is 1. The van der Waals surface area contributed by atoms with Crippen LogP contribution < -0.4 is 10.6 Å². The zero-order chi connectivity index (χ0) is 10.5. The molecule has 15 heavy (non-hydrogen) atoms. The van der Waals surface area contributed by atoms with Crippen LogP contribution in [0.3, 0.4) is 0 Å². The Hall–Kier alpha value is -1.40. The van der Waals surface area contributed by atoms with E-state index in [0.29, 0.717) is 18.7 Å². The summed E-state index contributed by atoms with van der Waals surface area (Å²) in [6.45, 7) is 2.80. The zero-order valence-corrected chi connectivity index (χ0v) is 8.32. The molecule has 1 aliphatic rings. The van der Waals surface area contributed by atoms with Crippen LogP contribution in [0.5, 0.6) is 0 Å². The Morgan fingerprint density at radius 2 is 2.67 bits per heavy atom. The molecule has 0 spiro atoms. The number of nitrogens with zero attached hydrogens (tertiary/aromatic N) is 1. The molecule has 82 valence electrons. The third-order valence-electron chi connectivity index (χ3n) is 2.27. The first-order valence-corrected chi connectivity index (χ1v) is 4.94. The first-order valence-electron chi connectivity index (χ1n) is 4.94. The van der Waals surface area contributed by atoms with Gasteiger partial charge in [0.15, 0.2) is 0 Å².